The van der Waals surface area contributed by atoms with Crippen LogP contribution in [0.2, 0.25) is 0 Å². The van der Waals surface area contributed by atoms with Gasteiger partial charge in [-0.1, -0.05) is 218 Å². The van der Waals surface area contributed by atoms with Crippen LogP contribution >= 0.6 is 0 Å². The molecule has 2 heterocycles. The molecule has 389 valence electrons. The fraction of sp³-hybridized carbons (Fsp3) is 0.200. The van der Waals surface area contributed by atoms with Crippen LogP contribution in [-0.2, 0) is 71.5 Å². The molecular formula is C75H74N2Y-2. The molecule has 0 N–H and O–H groups in total. The Balaban J connectivity index is 0.000000145. The maximum atomic E-state index is 3.59. The van der Waals surface area contributed by atoms with Crippen LogP contribution in [0.4, 0.5) is 0 Å². The van der Waals surface area contributed by atoms with Gasteiger partial charge in [-0.25, -0.2) is 0 Å². The number of hydrogen-bond donors (Lipinski definition) is 0. The Morgan fingerprint density at radius 3 is 1.03 bits per heavy atom. The zero-order chi connectivity index (χ0) is 53.6. The Hall–Kier alpha value is -7.10. The first-order valence-electron chi connectivity index (χ1n) is 28.1. The van der Waals surface area contributed by atoms with Gasteiger partial charge in [0.2, 0.25) is 0 Å². The molecule has 0 aliphatic heterocycles. The molecule has 0 atom stereocenters. The average Bonchev–Trinajstić information content (AvgIpc) is 3.95. The summed E-state index contributed by atoms with van der Waals surface area (Å²) in [5, 5.41) is 5.35. The third-order valence-corrected chi connectivity index (χ3v) is 15.0. The van der Waals surface area contributed by atoms with Crippen molar-refractivity contribution in [1.82, 2.24) is 9.13 Å². The molecule has 0 saturated carbocycles. The topological polar surface area (TPSA) is 9.86 Å². The van der Waals surface area contributed by atoms with Crippen molar-refractivity contribution in [2.24, 2.45) is 14.1 Å². The fourth-order valence-electron chi connectivity index (χ4n) is 11.4. The second kappa shape index (κ2) is 27.5. The van der Waals surface area contributed by atoms with Crippen LogP contribution in [0.3, 0.4) is 0 Å². The average molecular weight is 1090 g/mol. The maximum absolute atomic E-state index is 3.59. The van der Waals surface area contributed by atoms with Gasteiger partial charge in [0.1, 0.15) is 0 Å². The summed E-state index contributed by atoms with van der Waals surface area (Å²) < 4.78 is 4.48. The normalized spacial score (nSPS) is 11.6. The Morgan fingerprint density at radius 2 is 0.679 bits per heavy atom. The minimum atomic E-state index is -0.519. The molecule has 13 rings (SSSR count). The standard InChI is InChI=1S/C31H20.C15H24.2C13H11N.C3H8.Y/c1-3-13-23(14-4-1)31(24-15-5-2-6-16-24)29-21-11-9-19-27(29)25-17-7-8-18-26(25)28-20-10-12-22-30(28)31;1-4-7-8-9-15-11-13(5-2)10-14(6-3)12-15;2*1-14-12-8-4-2-6-10(12)11-7-3-5-9-13(11)14;1-3-2;/h1-13,15,17-22H;10-12H,4-9H2,1-3H3;2*2-9H,1H3;3H2,1-2H3;/q-2;;;;;. The van der Waals surface area contributed by atoms with Gasteiger partial charge in [-0.3, -0.25) is 0 Å². The SMILES string of the molecule is CCC.CCCCCc1cc(CC)cc(CC)c1.Cn1c2ccccc2c2ccccc21.Cn1c2ccccc2c2ccccc21.[Y].[c-]1ccccc1C1(c2[c-]cccc2)c2ccccc2-c2ccccc2-c2ccccc21. The molecule has 3 heteroatoms. The van der Waals surface area contributed by atoms with Gasteiger partial charge < -0.3 is 9.13 Å². The molecule has 0 bridgehead atoms. The van der Waals surface area contributed by atoms with Crippen LogP contribution in [0.25, 0.3) is 65.9 Å². The van der Waals surface area contributed by atoms with Gasteiger partial charge in [0.15, 0.2) is 0 Å². The molecule has 0 spiro atoms. The van der Waals surface area contributed by atoms with Crippen molar-refractivity contribution in [3.8, 4) is 22.3 Å². The molecule has 0 saturated heterocycles. The number of aromatic nitrogens is 2. The molecule has 1 aliphatic carbocycles. The number of aryl methyl sites for hydroxylation is 5. The van der Waals surface area contributed by atoms with E-state index in [0.29, 0.717) is 0 Å². The zero-order valence-electron chi connectivity index (χ0n) is 46.9. The molecule has 2 aromatic heterocycles. The van der Waals surface area contributed by atoms with Crippen molar-refractivity contribution in [3.63, 3.8) is 0 Å². The number of benzene rings is 10. The Labute approximate surface area is 490 Å². The minimum Gasteiger partial charge on any atom is -0.344 e. The third kappa shape index (κ3) is 12.0. The first kappa shape index (κ1) is 57.1. The Kier molecular flexibility index (Phi) is 20.1. The van der Waals surface area contributed by atoms with Gasteiger partial charge in [0, 0.05) is 95.8 Å². The summed E-state index contributed by atoms with van der Waals surface area (Å²) in [7, 11) is 4.23. The van der Waals surface area contributed by atoms with Crippen molar-refractivity contribution in [3.05, 3.63) is 288 Å². The fourth-order valence-corrected chi connectivity index (χ4v) is 11.4. The van der Waals surface area contributed by atoms with Crippen LogP contribution in [0.15, 0.2) is 237 Å². The van der Waals surface area contributed by atoms with E-state index in [0.717, 1.165) is 24.0 Å². The maximum Gasteiger partial charge on any atom is 0.0488 e. The second-order valence-electron chi connectivity index (χ2n) is 20.2. The van der Waals surface area contributed by atoms with Gasteiger partial charge in [-0.15, -0.1) is 11.1 Å². The van der Waals surface area contributed by atoms with E-state index >= 15 is 0 Å². The van der Waals surface area contributed by atoms with Crippen LogP contribution in [0.1, 0.15) is 99.2 Å². The van der Waals surface area contributed by atoms with E-state index in [-0.39, 0.29) is 32.7 Å². The summed E-state index contributed by atoms with van der Waals surface area (Å²) in [6.45, 7) is 11.0. The van der Waals surface area contributed by atoms with Crippen molar-refractivity contribution in [2.45, 2.75) is 85.0 Å². The van der Waals surface area contributed by atoms with Crippen molar-refractivity contribution in [1.29, 1.82) is 0 Å². The van der Waals surface area contributed by atoms with E-state index in [1.54, 1.807) is 5.56 Å². The van der Waals surface area contributed by atoms with Crippen LogP contribution in [0, 0.1) is 12.1 Å². The predicted molar refractivity (Wildman–Crippen MR) is 332 cm³/mol. The summed E-state index contributed by atoms with van der Waals surface area (Å²) >= 11 is 0. The van der Waals surface area contributed by atoms with Crippen molar-refractivity contribution in [2.75, 3.05) is 0 Å². The quantitative estimate of drug-likeness (QED) is 0.106. The first-order chi connectivity index (χ1) is 37.9. The predicted octanol–water partition coefficient (Wildman–Crippen LogP) is 19.9. The molecule has 1 radical (unpaired) electrons. The smallest absolute Gasteiger partial charge is 0.0488 e. The number of unbranched alkanes of at least 4 members (excludes halogenated alkanes) is 2. The van der Waals surface area contributed by atoms with Crippen LogP contribution in [0.5, 0.6) is 0 Å². The summed E-state index contributed by atoms with van der Waals surface area (Å²) in [5.41, 5.74) is 19.0. The van der Waals surface area contributed by atoms with E-state index in [1.165, 1.54) is 120 Å². The first-order valence-corrected chi connectivity index (χ1v) is 28.1. The molecule has 0 fully saturated rings. The van der Waals surface area contributed by atoms with Gasteiger partial charge in [-0.2, -0.15) is 60.7 Å². The summed E-state index contributed by atoms with van der Waals surface area (Å²) in [4.78, 5) is 0. The molecule has 0 amide bonds. The summed E-state index contributed by atoms with van der Waals surface area (Å²) in [6, 6.07) is 91.5. The Bertz CT molecular complexity index is 3470. The van der Waals surface area contributed by atoms with E-state index in [4.69, 9.17) is 0 Å². The third-order valence-electron chi connectivity index (χ3n) is 15.0. The number of nitrogens with zero attached hydrogens (tertiary/aromatic N) is 2. The van der Waals surface area contributed by atoms with Crippen LogP contribution < -0.4 is 0 Å². The molecule has 12 aromatic rings. The molecule has 10 aromatic carbocycles. The monoisotopic (exact) mass is 1090 g/mol. The molecule has 1 aliphatic rings. The minimum absolute atomic E-state index is 0. The zero-order valence-corrected chi connectivity index (χ0v) is 49.8. The number of fused-ring (bicyclic) bond motifs is 11. The van der Waals surface area contributed by atoms with Crippen molar-refractivity contribution < 1.29 is 32.7 Å². The summed E-state index contributed by atoms with van der Waals surface area (Å²) in [6.07, 6.45) is 8.84. The second-order valence-corrected chi connectivity index (χ2v) is 20.2. The van der Waals surface area contributed by atoms with Gasteiger partial charge in [-0.05, 0) is 100 Å². The van der Waals surface area contributed by atoms with Crippen molar-refractivity contribution >= 4 is 43.6 Å². The van der Waals surface area contributed by atoms with E-state index in [2.05, 4.69) is 282 Å². The molecule has 2 nitrogen and oxygen atoms in total. The number of para-hydroxylation sites is 4. The van der Waals surface area contributed by atoms with Gasteiger partial charge in [0.05, 0.1) is 0 Å². The van der Waals surface area contributed by atoms with E-state index in [1.807, 2.05) is 24.3 Å². The Morgan fingerprint density at radius 1 is 0.359 bits per heavy atom. The van der Waals surface area contributed by atoms with E-state index < -0.39 is 5.41 Å². The van der Waals surface area contributed by atoms with E-state index in [9.17, 15) is 0 Å². The molecule has 78 heavy (non-hydrogen) atoms. The van der Waals surface area contributed by atoms with Gasteiger partial charge >= 0.3 is 0 Å². The molecular weight excluding hydrogens is 1020 g/mol. The summed E-state index contributed by atoms with van der Waals surface area (Å²) in [5.74, 6) is 0. The number of hydrogen-bond acceptors (Lipinski definition) is 0. The number of rotatable bonds is 8. The van der Waals surface area contributed by atoms with Crippen LogP contribution in [-0.4, -0.2) is 9.13 Å². The van der Waals surface area contributed by atoms with Gasteiger partial charge in [0.25, 0.3) is 0 Å². The largest absolute Gasteiger partial charge is 0.344 e. The molecule has 0 unspecified atom stereocenters.